The van der Waals surface area contributed by atoms with E-state index in [-0.39, 0.29) is 5.82 Å². The molecule has 2 fully saturated rings. The predicted octanol–water partition coefficient (Wildman–Crippen LogP) is 3.43. The van der Waals surface area contributed by atoms with Gasteiger partial charge in [-0.15, -0.1) is 0 Å². The van der Waals surface area contributed by atoms with Crippen molar-refractivity contribution >= 4 is 5.82 Å². The first-order valence-electron chi connectivity index (χ1n) is 6.77. The molecule has 0 unspecified atom stereocenters. The van der Waals surface area contributed by atoms with Crippen LogP contribution in [0.15, 0.2) is 6.07 Å². The summed E-state index contributed by atoms with van der Waals surface area (Å²) < 4.78 is 38.3. The van der Waals surface area contributed by atoms with Crippen molar-refractivity contribution in [2.45, 2.75) is 39.8 Å². The molecule has 0 bridgehead atoms. The zero-order chi connectivity index (χ0) is 14.8. The molecule has 1 aromatic heterocycles. The SMILES string of the molecule is Cc1nc(N2CC3(C2)CC(C)(C)C3)cc(C(F)(F)F)n1. The van der Waals surface area contributed by atoms with Crippen LogP contribution in [0.3, 0.4) is 0 Å². The van der Waals surface area contributed by atoms with Gasteiger partial charge in [-0.1, -0.05) is 13.8 Å². The number of nitrogens with zero attached hydrogens (tertiary/aromatic N) is 3. The van der Waals surface area contributed by atoms with Crippen LogP contribution in [0.25, 0.3) is 0 Å². The molecule has 1 aliphatic heterocycles. The number of aromatic nitrogens is 2. The Morgan fingerprint density at radius 2 is 1.75 bits per heavy atom. The van der Waals surface area contributed by atoms with Crippen molar-refractivity contribution in [1.82, 2.24) is 9.97 Å². The van der Waals surface area contributed by atoms with E-state index < -0.39 is 11.9 Å². The van der Waals surface area contributed by atoms with Crippen LogP contribution in [-0.4, -0.2) is 23.1 Å². The monoisotopic (exact) mass is 285 g/mol. The van der Waals surface area contributed by atoms with Gasteiger partial charge >= 0.3 is 6.18 Å². The highest BCUT2D eigenvalue weighted by atomic mass is 19.4. The molecular weight excluding hydrogens is 267 g/mol. The smallest absolute Gasteiger partial charge is 0.355 e. The summed E-state index contributed by atoms with van der Waals surface area (Å²) in [5.41, 5.74) is -0.166. The van der Waals surface area contributed by atoms with Gasteiger partial charge in [0.05, 0.1) is 0 Å². The molecule has 6 heteroatoms. The zero-order valence-electron chi connectivity index (χ0n) is 11.9. The highest BCUT2D eigenvalue weighted by molar-refractivity contribution is 5.45. The molecule has 1 saturated heterocycles. The number of halogens is 3. The second-order valence-electron chi connectivity index (χ2n) is 7.03. The number of aryl methyl sites for hydroxylation is 1. The maximum Gasteiger partial charge on any atom is 0.433 e. The molecular formula is C14H18F3N3. The molecule has 3 rings (SSSR count). The van der Waals surface area contributed by atoms with Gasteiger partial charge in [0, 0.05) is 24.6 Å². The van der Waals surface area contributed by atoms with Gasteiger partial charge in [0.15, 0.2) is 0 Å². The Bertz CT molecular complexity index is 535. The summed E-state index contributed by atoms with van der Waals surface area (Å²) in [5.74, 6) is 0.574. The third kappa shape index (κ3) is 2.25. The van der Waals surface area contributed by atoms with Crippen LogP contribution in [0.2, 0.25) is 0 Å². The first kappa shape index (κ1) is 13.6. The van der Waals surface area contributed by atoms with Crippen molar-refractivity contribution in [2.75, 3.05) is 18.0 Å². The van der Waals surface area contributed by atoms with Crippen molar-refractivity contribution in [3.8, 4) is 0 Å². The van der Waals surface area contributed by atoms with E-state index in [4.69, 9.17) is 0 Å². The van der Waals surface area contributed by atoms with E-state index in [0.29, 0.717) is 16.6 Å². The fourth-order valence-corrected chi connectivity index (χ4v) is 3.99. The molecule has 2 heterocycles. The Balaban J connectivity index is 1.75. The third-order valence-corrected chi connectivity index (χ3v) is 4.20. The van der Waals surface area contributed by atoms with E-state index in [1.54, 1.807) is 0 Å². The molecule has 0 aromatic carbocycles. The molecule has 0 radical (unpaired) electrons. The summed E-state index contributed by atoms with van der Waals surface area (Å²) in [5, 5.41) is 0. The molecule has 1 aromatic rings. The third-order valence-electron chi connectivity index (χ3n) is 4.20. The lowest BCUT2D eigenvalue weighted by Gasteiger charge is -2.63. The minimum Gasteiger partial charge on any atom is -0.355 e. The molecule has 20 heavy (non-hydrogen) atoms. The average Bonchev–Trinajstić information content (AvgIpc) is 2.19. The van der Waals surface area contributed by atoms with Crippen LogP contribution in [0.1, 0.15) is 38.2 Å². The van der Waals surface area contributed by atoms with Crippen molar-refractivity contribution < 1.29 is 13.2 Å². The van der Waals surface area contributed by atoms with Gasteiger partial charge in [-0.3, -0.25) is 0 Å². The van der Waals surface area contributed by atoms with Gasteiger partial charge < -0.3 is 4.90 Å². The average molecular weight is 285 g/mol. The van der Waals surface area contributed by atoms with Crippen LogP contribution in [0.4, 0.5) is 19.0 Å². The Morgan fingerprint density at radius 1 is 1.15 bits per heavy atom. The van der Waals surface area contributed by atoms with E-state index in [0.717, 1.165) is 32.0 Å². The summed E-state index contributed by atoms with van der Waals surface area (Å²) >= 11 is 0. The fraction of sp³-hybridized carbons (Fsp3) is 0.714. The lowest BCUT2D eigenvalue weighted by Crippen LogP contribution is -2.64. The highest BCUT2D eigenvalue weighted by Crippen LogP contribution is 2.59. The predicted molar refractivity (Wildman–Crippen MR) is 69.4 cm³/mol. The highest BCUT2D eigenvalue weighted by Gasteiger charge is 2.56. The maximum absolute atomic E-state index is 12.8. The normalized spacial score (nSPS) is 23.4. The van der Waals surface area contributed by atoms with Gasteiger partial charge in [0.1, 0.15) is 17.3 Å². The number of hydrogen-bond donors (Lipinski definition) is 0. The van der Waals surface area contributed by atoms with Gasteiger partial charge in [0.2, 0.25) is 0 Å². The van der Waals surface area contributed by atoms with Crippen molar-refractivity contribution in [2.24, 2.45) is 10.8 Å². The van der Waals surface area contributed by atoms with Crippen molar-refractivity contribution in [1.29, 1.82) is 0 Å². The number of hydrogen-bond acceptors (Lipinski definition) is 3. The number of anilines is 1. The molecule has 110 valence electrons. The Kier molecular flexibility index (Phi) is 2.63. The van der Waals surface area contributed by atoms with Crippen LogP contribution >= 0.6 is 0 Å². The van der Waals surface area contributed by atoms with Crippen LogP contribution in [0, 0.1) is 17.8 Å². The van der Waals surface area contributed by atoms with Crippen LogP contribution in [0.5, 0.6) is 0 Å². The summed E-state index contributed by atoms with van der Waals surface area (Å²) in [6, 6.07) is 1.06. The first-order valence-corrected chi connectivity index (χ1v) is 6.77. The van der Waals surface area contributed by atoms with Crippen LogP contribution < -0.4 is 4.90 Å². The largest absolute Gasteiger partial charge is 0.433 e. The molecule has 0 N–H and O–H groups in total. The molecule has 1 aliphatic carbocycles. The van der Waals surface area contributed by atoms with E-state index in [1.807, 2.05) is 4.90 Å². The summed E-state index contributed by atoms with van der Waals surface area (Å²) in [6.45, 7) is 7.59. The molecule has 2 aliphatic rings. The van der Waals surface area contributed by atoms with Crippen molar-refractivity contribution in [3.63, 3.8) is 0 Å². The lowest BCUT2D eigenvalue weighted by atomic mass is 9.51. The van der Waals surface area contributed by atoms with Crippen LogP contribution in [-0.2, 0) is 6.18 Å². The Labute approximate surface area is 116 Å². The first-order chi connectivity index (χ1) is 9.09. The molecule has 1 spiro atoms. The summed E-state index contributed by atoms with van der Waals surface area (Å²) in [6.07, 6.45) is -2.12. The molecule has 3 nitrogen and oxygen atoms in total. The summed E-state index contributed by atoms with van der Waals surface area (Å²) in [7, 11) is 0. The minimum absolute atomic E-state index is 0.171. The topological polar surface area (TPSA) is 29.0 Å². The second-order valence-corrected chi connectivity index (χ2v) is 7.03. The Morgan fingerprint density at radius 3 is 2.25 bits per heavy atom. The van der Waals surface area contributed by atoms with Crippen molar-refractivity contribution in [3.05, 3.63) is 17.6 Å². The van der Waals surface area contributed by atoms with Gasteiger partial charge in [-0.25, -0.2) is 9.97 Å². The number of rotatable bonds is 1. The number of alkyl halides is 3. The molecule has 0 amide bonds. The zero-order valence-corrected chi connectivity index (χ0v) is 11.9. The minimum atomic E-state index is -4.41. The molecule has 0 atom stereocenters. The van der Waals surface area contributed by atoms with E-state index >= 15 is 0 Å². The quantitative estimate of drug-likeness (QED) is 0.791. The van der Waals surface area contributed by atoms with E-state index in [9.17, 15) is 13.2 Å². The Hall–Kier alpha value is -1.33. The second kappa shape index (κ2) is 3.86. The maximum atomic E-state index is 12.8. The lowest BCUT2D eigenvalue weighted by molar-refractivity contribution is -0.141. The molecule has 1 saturated carbocycles. The standard InChI is InChI=1S/C14H18F3N3/c1-9-18-10(14(15,16)17)4-11(19-9)20-7-13(8-20)5-12(2,3)6-13/h4H,5-8H2,1-3H3. The van der Waals surface area contributed by atoms with Gasteiger partial charge in [-0.2, -0.15) is 13.2 Å². The van der Waals surface area contributed by atoms with E-state index in [2.05, 4.69) is 23.8 Å². The van der Waals surface area contributed by atoms with Gasteiger partial charge in [0.25, 0.3) is 0 Å². The van der Waals surface area contributed by atoms with E-state index in [1.165, 1.54) is 6.92 Å². The summed E-state index contributed by atoms with van der Waals surface area (Å²) in [4.78, 5) is 9.55. The fourth-order valence-electron chi connectivity index (χ4n) is 3.99. The van der Waals surface area contributed by atoms with Gasteiger partial charge in [-0.05, 0) is 25.2 Å².